The van der Waals surface area contributed by atoms with E-state index >= 15 is 0 Å². The summed E-state index contributed by atoms with van der Waals surface area (Å²) in [6.07, 6.45) is 2.00. The predicted molar refractivity (Wildman–Crippen MR) is 66.7 cm³/mol. The zero-order valence-corrected chi connectivity index (χ0v) is 10.9. The topological polar surface area (TPSA) is 62.2 Å². The van der Waals surface area contributed by atoms with Crippen LogP contribution in [0.3, 0.4) is 0 Å². The van der Waals surface area contributed by atoms with Crippen molar-refractivity contribution in [1.29, 1.82) is 0 Å². The second-order valence-corrected chi connectivity index (χ2v) is 4.22. The van der Waals surface area contributed by atoms with Crippen molar-refractivity contribution in [3.8, 4) is 0 Å². The third kappa shape index (κ3) is 4.44. The minimum Gasteiger partial charge on any atom is -0.337 e. The number of hydrogen-bond donors (Lipinski definition) is 2. The van der Waals surface area contributed by atoms with Crippen molar-refractivity contribution >= 4 is 6.03 Å². The highest BCUT2D eigenvalue weighted by Crippen LogP contribution is 2.02. The lowest BCUT2D eigenvalue weighted by molar-refractivity contribution is 0.217. The summed E-state index contributed by atoms with van der Waals surface area (Å²) in [5.41, 5.74) is 2.23. The van der Waals surface area contributed by atoms with Gasteiger partial charge in [-0.1, -0.05) is 0 Å². The van der Waals surface area contributed by atoms with Gasteiger partial charge < -0.3 is 15.5 Å². The Balaban J connectivity index is 2.17. The third-order valence-electron chi connectivity index (χ3n) is 2.41. The van der Waals surface area contributed by atoms with Crippen molar-refractivity contribution in [3.63, 3.8) is 0 Å². The van der Waals surface area contributed by atoms with E-state index in [-0.39, 0.29) is 6.03 Å². The van der Waals surface area contributed by atoms with Crippen LogP contribution in [0, 0.1) is 6.92 Å². The van der Waals surface area contributed by atoms with Crippen LogP contribution < -0.4 is 10.6 Å². The lowest BCUT2D eigenvalue weighted by atomic mass is 10.2. The summed E-state index contributed by atoms with van der Waals surface area (Å²) in [7, 11) is 5.36. The maximum absolute atomic E-state index is 11.2. The van der Waals surface area contributed by atoms with Crippen LogP contribution in [0.5, 0.6) is 0 Å². The Morgan fingerprint density at radius 1 is 1.47 bits per heavy atom. The largest absolute Gasteiger partial charge is 0.337 e. The molecule has 0 aliphatic carbocycles. The van der Waals surface area contributed by atoms with Crippen LogP contribution in [0.2, 0.25) is 0 Å². The summed E-state index contributed by atoms with van der Waals surface area (Å²) in [4.78, 5) is 12.7. The van der Waals surface area contributed by atoms with Crippen molar-refractivity contribution < 1.29 is 4.79 Å². The molecule has 0 atom stereocenters. The molecule has 0 aliphatic rings. The van der Waals surface area contributed by atoms with Crippen molar-refractivity contribution in [2.75, 3.05) is 27.2 Å². The Kier molecular flexibility index (Phi) is 4.96. The van der Waals surface area contributed by atoms with E-state index in [2.05, 4.69) is 15.7 Å². The fourth-order valence-corrected chi connectivity index (χ4v) is 1.46. The molecule has 1 aromatic rings. The molecule has 17 heavy (non-hydrogen) atoms. The summed E-state index contributed by atoms with van der Waals surface area (Å²) in [6.45, 7) is 4.13. The zero-order valence-electron chi connectivity index (χ0n) is 10.9. The highest BCUT2D eigenvalue weighted by molar-refractivity contribution is 5.73. The summed E-state index contributed by atoms with van der Waals surface area (Å²) in [5, 5.41) is 10.3. The molecule has 0 aliphatic heterocycles. The van der Waals surface area contributed by atoms with Gasteiger partial charge in [0.15, 0.2) is 0 Å². The van der Waals surface area contributed by atoms with Crippen LogP contribution in [0.1, 0.15) is 11.3 Å². The van der Waals surface area contributed by atoms with E-state index in [1.165, 1.54) is 10.5 Å². The molecule has 0 saturated carbocycles. The molecule has 6 nitrogen and oxygen atoms in total. The average molecular weight is 239 g/mol. The number of rotatable bonds is 5. The van der Waals surface area contributed by atoms with Crippen LogP contribution in [0.25, 0.3) is 0 Å². The normalized spacial score (nSPS) is 10.4. The maximum Gasteiger partial charge on any atom is 0.316 e. The molecule has 0 bridgehead atoms. The minimum atomic E-state index is -0.0654. The van der Waals surface area contributed by atoms with E-state index in [0.29, 0.717) is 6.54 Å². The van der Waals surface area contributed by atoms with Gasteiger partial charge in [-0.05, 0) is 6.92 Å². The lowest BCUT2D eigenvalue weighted by Crippen LogP contribution is -2.38. The van der Waals surface area contributed by atoms with Gasteiger partial charge in [-0.25, -0.2) is 4.79 Å². The number of carbonyl (C=O) groups is 1. The van der Waals surface area contributed by atoms with Gasteiger partial charge in [-0.3, -0.25) is 4.68 Å². The molecule has 0 spiro atoms. The van der Waals surface area contributed by atoms with Gasteiger partial charge in [0.05, 0.1) is 5.69 Å². The molecule has 6 heteroatoms. The number of amides is 2. The van der Waals surface area contributed by atoms with Crippen LogP contribution in [0.4, 0.5) is 4.79 Å². The average Bonchev–Trinajstić information content (AvgIpc) is 2.56. The monoisotopic (exact) mass is 239 g/mol. The SMILES string of the molecule is Cc1nn(C)cc1CNCCNC(=O)N(C)C. The summed E-state index contributed by atoms with van der Waals surface area (Å²) in [6, 6.07) is -0.0654. The number of nitrogens with zero attached hydrogens (tertiary/aromatic N) is 3. The highest BCUT2D eigenvalue weighted by Gasteiger charge is 2.03. The molecule has 2 amide bonds. The number of nitrogens with one attached hydrogen (secondary N) is 2. The molecule has 1 rings (SSSR count). The van der Waals surface area contributed by atoms with Gasteiger partial charge in [-0.15, -0.1) is 0 Å². The van der Waals surface area contributed by atoms with Crippen LogP contribution in [-0.2, 0) is 13.6 Å². The zero-order chi connectivity index (χ0) is 12.8. The molecule has 0 radical (unpaired) electrons. The smallest absolute Gasteiger partial charge is 0.316 e. The van der Waals surface area contributed by atoms with E-state index in [0.717, 1.165) is 18.8 Å². The van der Waals surface area contributed by atoms with E-state index < -0.39 is 0 Å². The third-order valence-corrected chi connectivity index (χ3v) is 2.41. The quantitative estimate of drug-likeness (QED) is 0.716. The predicted octanol–water partition coefficient (Wildman–Crippen LogP) is 0.0893. The summed E-state index contributed by atoms with van der Waals surface area (Å²) >= 11 is 0. The maximum atomic E-state index is 11.2. The second kappa shape index (κ2) is 6.24. The van der Waals surface area contributed by atoms with Gasteiger partial charge in [0.1, 0.15) is 0 Å². The van der Waals surface area contributed by atoms with E-state index in [1.807, 2.05) is 20.2 Å². The van der Waals surface area contributed by atoms with Crippen molar-refractivity contribution in [2.24, 2.45) is 7.05 Å². The first-order chi connectivity index (χ1) is 8.00. The second-order valence-electron chi connectivity index (χ2n) is 4.22. The molecule has 0 saturated heterocycles. The Morgan fingerprint density at radius 3 is 2.71 bits per heavy atom. The molecule has 1 aromatic heterocycles. The van der Waals surface area contributed by atoms with Gasteiger partial charge in [-0.2, -0.15) is 5.10 Å². The molecule has 1 heterocycles. The van der Waals surface area contributed by atoms with Crippen molar-refractivity contribution in [2.45, 2.75) is 13.5 Å². The van der Waals surface area contributed by atoms with Gasteiger partial charge in [0, 0.05) is 52.5 Å². The van der Waals surface area contributed by atoms with Crippen LogP contribution >= 0.6 is 0 Å². The molecular formula is C11H21N5O. The fourth-order valence-electron chi connectivity index (χ4n) is 1.46. The van der Waals surface area contributed by atoms with Crippen molar-refractivity contribution in [1.82, 2.24) is 25.3 Å². The Morgan fingerprint density at radius 2 is 2.18 bits per heavy atom. The number of hydrogen-bond acceptors (Lipinski definition) is 3. The Hall–Kier alpha value is -1.56. The van der Waals surface area contributed by atoms with Crippen LogP contribution in [0.15, 0.2) is 6.20 Å². The molecule has 0 unspecified atom stereocenters. The first-order valence-electron chi connectivity index (χ1n) is 5.65. The van der Waals surface area contributed by atoms with E-state index in [4.69, 9.17) is 0 Å². The van der Waals surface area contributed by atoms with Crippen molar-refractivity contribution in [3.05, 3.63) is 17.5 Å². The summed E-state index contributed by atoms with van der Waals surface area (Å²) < 4.78 is 1.81. The number of aromatic nitrogens is 2. The molecule has 0 aromatic carbocycles. The van der Waals surface area contributed by atoms with Gasteiger partial charge >= 0.3 is 6.03 Å². The number of carbonyl (C=O) groups excluding carboxylic acids is 1. The number of aryl methyl sites for hydroxylation is 2. The van der Waals surface area contributed by atoms with E-state index in [1.54, 1.807) is 18.8 Å². The van der Waals surface area contributed by atoms with Gasteiger partial charge in [0.2, 0.25) is 0 Å². The first-order valence-corrected chi connectivity index (χ1v) is 5.65. The molecule has 2 N–H and O–H groups in total. The fraction of sp³-hybridized carbons (Fsp3) is 0.636. The lowest BCUT2D eigenvalue weighted by Gasteiger charge is -2.12. The Labute approximate surface area is 102 Å². The highest BCUT2D eigenvalue weighted by atomic mass is 16.2. The van der Waals surface area contributed by atoms with Gasteiger partial charge in [0.25, 0.3) is 0 Å². The molecule has 96 valence electrons. The molecular weight excluding hydrogens is 218 g/mol. The minimum absolute atomic E-state index is 0.0654. The Bertz CT molecular complexity index is 372. The summed E-state index contributed by atoms with van der Waals surface area (Å²) in [5.74, 6) is 0. The van der Waals surface area contributed by atoms with Crippen LogP contribution in [-0.4, -0.2) is 47.9 Å². The first kappa shape index (κ1) is 13.5. The van der Waals surface area contributed by atoms with E-state index in [9.17, 15) is 4.79 Å². The number of urea groups is 1. The standard InChI is InChI=1S/C11H21N5O/c1-9-10(8-16(4)14-9)7-12-5-6-13-11(17)15(2)3/h8,12H,5-7H2,1-4H3,(H,13,17). The molecule has 0 fully saturated rings.